The van der Waals surface area contributed by atoms with E-state index in [0.717, 1.165) is 29.0 Å². The molecule has 0 atom stereocenters. The monoisotopic (exact) mass is 297 g/mol. The molecule has 2 N–H and O–H groups in total. The molecule has 4 heteroatoms. The molecule has 0 amide bonds. The van der Waals surface area contributed by atoms with Crippen molar-refractivity contribution in [1.29, 1.82) is 0 Å². The molecule has 1 fully saturated rings. The van der Waals surface area contributed by atoms with E-state index in [1.165, 1.54) is 19.3 Å². The van der Waals surface area contributed by atoms with E-state index < -0.39 is 5.97 Å². The van der Waals surface area contributed by atoms with Crippen molar-refractivity contribution in [3.63, 3.8) is 0 Å². The highest BCUT2D eigenvalue weighted by atomic mass is 79.9. The first kappa shape index (κ1) is 12.6. The van der Waals surface area contributed by atoms with E-state index in [0.29, 0.717) is 5.56 Å². The predicted octanol–water partition coefficient (Wildman–Crippen LogP) is 3.04. The topological polar surface area (TPSA) is 49.3 Å². The van der Waals surface area contributed by atoms with Crippen LogP contribution in [0.5, 0.6) is 0 Å². The zero-order valence-electron chi connectivity index (χ0n) is 9.58. The maximum atomic E-state index is 10.8. The fraction of sp³-hybridized carbons (Fsp3) is 0.462. The molecule has 0 spiro atoms. The van der Waals surface area contributed by atoms with Crippen LogP contribution in [0, 0.1) is 5.92 Å². The van der Waals surface area contributed by atoms with Gasteiger partial charge in [-0.05, 0) is 43.0 Å². The van der Waals surface area contributed by atoms with E-state index in [1.54, 1.807) is 12.1 Å². The highest BCUT2D eigenvalue weighted by molar-refractivity contribution is 9.10. The summed E-state index contributed by atoms with van der Waals surface area (Å²) in [7, 11) is 0. The molecule has 1 saturated carbocycles. The highest BCUT2D eigenvalue weighted by Crippen LogP contribution is 2.25. The standard InChI is InChI=1S/C13H16BrNO2/c14-12-6-10(13(16)17)4-5-11(12)8-15-7-9-2-1-3-9/h4-6,9,15H,1-3,7-8H2,(H,16,17). The van der Waals surface area contributed by atoms with Crippen molar-refractivity contribution in [2.45, 2.75) is 25.8 Å². The van der Waals surface area contributed by atoms with Crippen molar-refractivity contribution < 1.29 is 9.90 Å². The maximum Gasteiger partial charge on any atom is 0.335 e. The third-order valence-corrected chi connectivity index (χ3v) is 4.01. The number of hydrogen-bond acceptors (Lipinski definition) is 2. The van der Waals surface area contributed by atoms with Crippen LogP contribution in [0.4, 0.5) is 0 Å². The quantitative estimate of drug-likeness (QED) is 0.878. The molecule has 0 heterocycles. The average Bonchev–Trinajstić information content (AvgIpc) is 2.23. The van der Waals surface area contributed by atoms with Crippen LogP contribution in [0.2, 0.25) is 0 Å². The van der Waals surface area contributed by atoms with Gasteiger partial charge in [-0.15, -0.1) is 0 Å². The van der Waals surface area contributed by atoms with Gasteiger partial charge in [-0.3, -0.25) is 0 Å². The van der Waals surface area contributed by atoms with Crippen molar-refractivity contribution in [3.05, 3.63) is 33.8 Å². The molecule has 1 aliphatic rings. The first-order valence-corrected chi connectivity index (χ1v) is 6.68. The maximum absolute atomic E-state index is 10.8. The second-order valence-corrected chi connectivity index (χ2v) is 5.39. The molecule has 17 heavy (non-hydrogen) atoms. The highest BCUT2D eigenvalue weighted by Gasteiger charge is 2.16. The molecule has 1 aromatic carbocycles. The van der Waals surface area contributed by atoms with Crippen LogP contribution < -0.4 is 5.32 Å². The van der Waals surface area contributed by atoms with Crippen LogP contribution in [0.1, 0.15) is 35.2 Å². The van der Waals surface area contributed by atoms with Gasteiger partial charge in [0, 0.05) is 11.0 Å². The van der Waals surface area contributed by atoms with Gasteiger partial charge in [-0.25, -0.2) is 4.79 Å². The van der Waals surface area contributed by atoms with E-state index in [2.05, 4.69) is 21.2 Å². The van der Waals surface area contributed by atoms with Gasteiger partial charge in [0.1, 0.15) is 0 Å². The van der Waals surface area contributed by atoms with Crippen LogP contribution in [0.15, 0.2) is 22.7 Å². The Morgan fingerprint density at radius 1 is 1.47 bits per heavy atom. The minimum atomic E-state index is -0.889. The number of carboxylic acid groups (broad SMARTS) is 1. The number of carboxylic acids is 1. The molecule has 0 unspecified atom stereocenters. The molecule has 0 saturated heterocycles. The van der Waals surface area contributed by atoms with Crippen molar-refractivity contribution in [1.82, 2.24) is 5.32 Å². The number of halogens is 1. The lowest BCUT2D eigenvalue weighted by molar-refractivity contribution is 0.0697. The Morgan fingerprint density at radius 3 is 2.76 bits per heavy atom. The van der Waals surface area contributed by atoms with Gasteiger partial charge in [0.25, 0.3) is 0 Å². The Balaban J connectivity index is 1.89. The van der Waals surface area contributed by atoms with Gasteiger partial charge < -0.3 is 10.4 Å². The smallest absolute Gasteiger partial charge is 0.335 e. The summed E-state index contributed by atoms with van der Waals surface area (Å²) in [5.74, 6) is -0.0493. The predicted molar refractivity (Wildman–Crippen MR) is 70.1 cm³/mol. The number of nitrogens with one attached hydrogen (secondary N) is 1. The fourth-order valence-corrected chi connectivity index (χ4v) is 2.45. The molecule has 2 rings (SSSR count). The van der Waals surface area contributed by atoms with Gasteiger partial charge in [0.2, 0.25) is 0 Å². The zero-order valence-corrected chi connectivity index (χ0v) is 11.2. The fourth-order valence-electron chi connectivity index (χ4n) is 1.93. The lowest BCUT2D eigenvalue weighted by Crippen LogP contribution is -2.27. The summed E-state index contributed by atoms with van der Waals surface area (Å²) < 4.78 is 0.860. The summed E-state index contributed by atoms with van der Waals surface area (Å²) in [6.45, 7) is 1.85. The van der Waals surface area contributed by atoms with Crippen molar-refractivity contribution in [2.75, 3.05) is 6.54 Å². The van der Waals surface area contributed by atoms with Gasteiger partial charge in [-0.2, -0.15) is 0 Å². The average molecular weight is 298 g/mol. The van der Waals surface area contributed by atoms with Crippen LogP contribution in [-0.4, -0.2) is 17.6 Å². The van der Waals surface area contributed by atoms with Crippen molar-refractivity contribution in [3.8, 4) is 0 Å². The minimum absolute atomic E-state index is 0.319. The molecule has 0 bridgehead atoms. The Bertz CT molecular complexity index is 416. The van der Waals surface area contributed by atoms with Crippen molar-refractivity contribution >= 4 is 21.9 Å². The van der Waals surface area contributed by atoms with E-state index in [1.807, 2.05) is 6.07 Å². The first-order valence-electron chi connectivity index (χ1n) is 5.89. The van der Waals surface area contributed by atoms with Crippen LogP contribution in [0.25, 0.3) is 0 Å². The first-order chi connectivity index (χ1) is 8.16. The van der Waals surface area contributed by atoms with Gasteiger partial charge >= 0.3 is 5.97 Å². The summed E-state index contributed by atoms with van der Waals surface area (Å²) in [5, 5.41) is 12.3. The molecule has 0 aromatic heterocycles. The third-order valence-electron chi connectivity index (χ3n) is 3.27. The molecule has 0 aliphatic heterocycles. The van der Waals surface area contributed by atoms with Crippen LogP contribution >= 0.6 is 15.9 Å². The molecule has 3 nitrogen and oxygen atoms in total. The lowest BCUT2D eigenvalue weighted by atomic mass is 9.85. The van der Waals surface area contributed by atoms with E-state index in [-0.39, 0.29) is 0 Å². The van der Waals surface area contributed by atoms with Crippen molar-refractivity contribution in [2.24, 2.45) is 5.92 Å². The van der Waals surface area contributed by atoms with E-state index >= 15 is 0 Å². The van der Waals surface area contributed by atoms with Gasteiger partial charge in [0.15, 0.2) is 0 Å². The number of benzene rings is 1. The number of hydrogen-bond donors (Lipinski definition) is 2. The third kappa shape index (κ3) is 3.30. The lowest BCUT2D eigenvalue weighted by Gasteiger charge is -2.25. The Labute approximate surface area is 109 Å². The van der Waals surface area contributed by atoms with Crippen LogP contribution in [-0.2, 0) is 6.54 Å². The number of carbonyl (C=O) groups is 1. The summed E-state index contributed by atoms with van der Waals surface area (Å²) in [4.78, 5) is 10.8. The summed E-state index contributed by atoms with van der Waals surface area (Å²) in [6, 6.07) is 5.16. The number of aromatic carboxylic acids is 1. The Kier molecular flexibility index (Phi) is 4.18. The molecule has 0 radical (unpaired) electrons. The molecule has 1 aromatic rings. The normalized spacial score (nSPS) is 15.6. The molecular formula is C13H16BrNO2. The van der Waals surface area contributed by atoms with E-state index in [9.17, 15) is 4.79 Å². The molecule has 92 valence electrons. The van der Waals surface area contributed by atoms with Gasteiger partial charge in [-0.1, -0.05) is 28.4 Å². The van der Waals surface area contributed by atoms with Gasteiger partial charge in [0.05, 0.1) is 5.56 Å². The SMILES string of the molecule is O=C(O)c1ccc(CNCC2CCC2)c(Br)c1. The largest absolute Gasteiger partial charge is 0.478 e. The summed E-state index contributed by atoms with van der Waals surface area (Å²) >= 11 is 3.41. The number of rotatable bonds is 5. The second-order valence-electron chi connectivity index (χ2n) is 4.54. The molecule has 1 aliphatic carbocycles. The summed E-state index contributed by atoms with van der Waals surface area (Å²) in [5.41, 5.74) is 1.42. The Morgan fingerprint density at radius 2 is 2.24 bits per heavy atom. The zero-order chi connectivity index (χ0) is 12.3. The molecular weight excluding hydrogens is 282 g/mol. The summed E-state index contributed by atoms with van der Waals surface area (Å²) in [6.07, 6.45) is 4.04. The van der Waals surface area contributed by atoms with Crippen LogP contribution in [0.3, 0.4) is 0 Å². The minimum Gasteiger partial charge on any atom is -0.478 e. The van der Waals surface area contributed by atoms with E-state index in [4.69, 9.17) is 5.11 Å². The Hall–Kier alpha value is -0.870. The second kappa shape index (κ2) is 5.65.